The molecule has 3 nitrogen and oxygen atoms in total. The zero-order chi connectivity index (χ0) is 15.3. The highest BCUT2D eigenvalue weighted by Gasteiger charge is 2.25. The van der Waals surface area contributed by atoms with E-state index < -0.39 is 0 Å². The van der Waals surface area contributed by atoms with Crippen molar-refractivity contribution in [3.8, 4) is 0 Å². The average Bonchev–Trinajstić information content (AvgIpc) is 2.66. The molecule has 0 saturated carbocycles. The summed E-state index contributed by atoms with van der Waals surface area (Å²) in [6.45, 7) is 6.26. The Hall–Kier alpha value is -1.00. The first-order valence-electron chi connectivity index (χ1n) is 7.70. The maximum Gasteiger partial charge on any atom is 0.222 e. The molecule has 1 aliphatic rings. The first-order valence-corrected chi connectivity index (χ1v) is 8.69. The number of benzene rings is 1. The van der Waals surface area contributed by atoms with Crippen molar-refractivity contribution in [2.24, 2.45) is 5.73 Å². The van der Waals surface area contributed by atoms with Crippen LogP contribution in [0.4, 0.5) is 0 Å². The van der Waals surface area contributed by atoms with Crippen molar-refractivity contribution in [2.75, 3.05) is 18.8 Å². The molecule has 2 N–H and O–H groups in total. The van der Waals surface area contributed by atoms with Gasteiger partial charge in [-0.25, -0.2) is 0 Å². The minimum Gasteiger partial charge on any atom is -0.342 e. The van der Waals surface area contributed by atoms with Crippen molar-refractivity contribution in [1.82, 2.24) is 4.90 Å². The summed E-state index contributed by atoms with van der Waals surface area (Å²) < 4.78 is 0.287. The van der Waals surface area contributed by atoms with Crippen LogP contribution in [0.1, 0.15) is 44.7 Å². The molecule has 21 heavy (non-hydrogen) atoms. The van der Waals surface area contributed by atoms with E-state index in [2.05, 4.69) is 13.8 Å². The van der Waals surface area contributed by atoms with Crippen molar-refractivity contribution in [1.29, 1.82) is 0 Å². The van der Waals surface area contributed by atoms with E-state index in [-0.39, 0.29) is 16.7 Å². The van der Waals surface area contributed by atoms with Gasteiger partial charge in [-0.2, -0.15) is 11.8 Å². The molecule has 0 radical (unpaired) electrons. The zero-order valence-electron chi connectivity index (χ0n) is 13.0. The van der Waals surface area contributed by atoms with E-state index in [0.717, 1.165) is 37.2 Å². The van der Waals surface area contributed by atoms with E-state index in [1.807, 2.05) is 47.0 Å². The van der Waals surface area contributed by atoms with E-state index in [4.69, 9.17) is 5.73 Å². The fraction of sp³-hybridized carbons (Fsp3) is 0.588. The molecule has 116 valence electrons. The fourth-order valence-corrected chi connectivity index (χ4v) is 3.67. The number of nitrogens with two attached hydrogens (primary N) is 1. The van der Waals surface area contributed by atoms with Gasteiger partial charge in [0.15, 0.2) is 0 Å². The van der Waals surface area contributed by atoms with Crippen LogP contribution in [0.5, 0.6) is 0 Å². The molecule has 1 saturated heterocycles. The lowest BCUT2D eigenvalue weighted by Crippen LogP contribution is -2.34. The summed E-state index contributed by atoms with van der Waals surface area (Å²) in [5.74, 6) is 1.28. The Morgan fingerprint density at radius 1 is 1.33 bits per heavy atom. The molecular weight excluding hydrogens is 280 g/mol. The second-order valence-electron chi connectivity index (χ2n) is 6.29. The Balaban J connectivity index is 1.82. The van der Waals surface area contributed by atoms with Crippen LogP contribution in [0.3, 0.4) is 0 Å². The summed E-state index contributed by atoms with van der Waals surface area (Å²) in [7, 11) is 0. The Labute approximate surface area is 132 Å². The van der Waals surface area contributed by atoms with Crippen LogP contribution in [0.25, 0.3) is 0 Å². The third-order valence-electron chi connectivity index (χ3n) is 4.09. The van der Waals surface area contributed by atoms with Crippen LogP contribution in [0, 0.1) is 0 Å². The first kappa shape index (κ1) is 16.4. The number of rotatable bonds is 4. The fourth-order valence-electron chi connectivity index (χ4n) is 2.57. The Morgan fingerprint density at radius 2 is 2.05 bits per heavy atom. The average molecular weight is 306 g/mol. The molecule has 0 aromatic heterocycles. The summed E-state index contributed by atoms with van der Waals surface area (Å²) >= 11 is 1.97. The maximum atomic E-state index is 12.4. The molecule has 1 unspecified atom stereocenters. The molecule has 1 aliphatic heterocycles. The molecule has 4 heteroatoms. The molecule has 0 aliphatic carbocycles. The molecule has 1 atom stereocenters. The SMILES string of the molecule is CC1(C)CCN(C(=O)CCC(N)c2ccccc2)CCS1. The lowest BCUT2D eigenvalue weighted by Gasteiger charge is -2.23. The molecule has 2 rings (SSSR count). The normalized spacial score (nSPS) is 19.9. The second-order valence-corrected chi connectivity index (χ2v) is 8.10. The molecule has 1 aromatic carbocycles. The summed E-state index contributed by atoms with van der Waals surface area (Å²) in [4.78, 5) is 14.4. The lowest BCUT2D eigenvalue weighted by atomic mass is 10.0. The second kappa shape index (κ2) is 7.32. The number of nitrogens with zero attached hydrogens (tertiary/aromatic N) is 1. The number of thioether (sulfide) groups is 1. The number of hydrogen-bond acceptors (Lipinski definition) is 3. The molecular formula is C17H26N2OS. The predicted octanol–water partition coefficient (Wildman–Crippen LogP) is 3.21. The number of hydrogen-bond donors (Lipinski definition) is 1. The highest BCUT2D eigenvalue weighted by molar-refractivity contribution is 8.00. The van der Waals surface area contributed by atoms with E-state index in [1.54, 1.807) is 0 Å². The molecule has 0 spiro atoms. The molecule has 1 amide bonds. The van der Waals surface area contributed by atoms with E-state index in [1.165, 1.54) is 0 Å². The maximum absolute atomic E-state index is 12.4. The van der Waals surface area contributed by atoms with Crippen molar-refractivity contribution in [3.63, 3.8) is 0 Å². The van der Waals surface area contributed by atoms with Gasteiger partial charge in [-0.1, -0.05) is 44.2 Å². The summed E-state index contributed by atoms with van der Waals surface area (Å²) in [5.41, 5.74) is 7.28. The van der Waals surface area contributed by atoms with Gasteiger partial charge in [0.1, 0.15) is 0 Å². The van der Waals surface area contributed by atoms with Gasteiger partial charge < -0.3 is 10.6 Å². The Morgan fingerprint density at radius 3 is 2.76 bits per heavy atom. The van der Waals surface area contributed by atoms with E-state index in [9.17, 15) is 4.79 Å². The summed E-state index contributed by atoms with van der Waals surface area (Å²) in [6, 6.07) is 9.97. The van der Waals surface area contributed by atoms with Gasteiger partial charge in [-0.05, 0) is 18.4 Å². The minimum atomic E-state index is -0.0482. The molecule has 0 bridgehead atoms. The quantitative estimate of drug-likeness (QED) is 0.929. The smallest absolute Gasteiger partial charge is 0.222 e. The topological polar surface area (TPSA) is 46.3 Å². The number of amides is 1. The van der Waals surface area contributed by atoms with Crippen molar-refractivity contribution in [3.05, 3.63) is 35.9 Å². The third-order valence-corrected chi connectivity index (χ3v) is 5.46. The highest BCUT2D eigenvalue weighted by Crippen LogP contribution is 2.31. The van der Waals surface area contributed by atoms with Crippen LogP contribution >= 0.6 is 11.8 Å². The Kier molecular flexibility index (Phi) is 5.71. The summed E-state index contributed by atoms with van der Waals surface area (Å²) in [6.07, 6.45) is 2.32. The van der Waals surface area contributed by atoms with Crippen LogP contribution in [0.2, 0.25) is 0 Å². The number of carbonyl (C=O) groups excluding carboxylic acids is 1. The van der Waals surface area contributed by atoms with Gasteiger partial charge in [-0.3, -0.25) is 4.79 Å². The third kappa shape index (κ3) is 5.04. The van der Waals surface area contributed by atoms with Crippen LogP contribution in [0.15, 0.2) is 30.3 Å². The van der Waals surface area contributed by atoms with Gasteiger partial charge in [0.05, 0.1) is 0 Å². The van der Waals surface area contributed by atoms with Crippen LogP contribution < -0.4 is 5.73 Å². The van der Waals surface area contributed by atoms with Gasteiger partial charge in [0.25, 0.3) is 0 Å². The Bertz CT molecular complexity index is 461. The van der Waals surface area contributed by atoms with Crippen molar-refractivity contribution >= 4 is 17.7 Å². The van der Waals surface area contributed by atoms with Crippen molar-refractivity contribution < 1.29 is 4.79 Å². The van der Waals surface area contributed by atoms with Crippen molar-refractivity contribution in [2.45, 2.75) is 43.9 Å². The van der Waals surface area contributed by atoms with E-state index >= 15 is 0 Å². The van der Waals surface area contributed by atoms with Gasteiger partial charge in [0.2, 0.25) is 5.91 Å². The molecule has 1 heterocycles. The van der Waals surface area contributed by atoms with E-state index in [0.29, 0.717) is 6.42 Å². The van der Waals surface area contributed by atoms with Gasteiger partial charge >= 0.3 is 0 Å². The molecule has 1 fully saturated rings. The lowest BCUT2D eigenvalue weighted by molar-refractivity contribution is -0.131. The largest absolute Gasteiger partial charge is 0.342 e. The van der Waals surface area contributed by atoms with Crippen LogP contribution in [-0.2, 0) is 4.79 Å². The first-order chi connectivity index (χ1) is 9.98. The number of carbonyl (C=O) groups is 1. The standard InChI is InChI=1S/C17H26N2OS/c1-17(2)10-11-19(12-13-21-17)16(20)9-8-15(18)14-6-4-3-5-7-14/h3-7,15H,8-13,18H2,1-2H3. The summed E-state index contributed by atoms with van der Waals surface area (Å²) in [5, 5.41) is 0. The van der Waals surface area contributed by atoms with Gasteiger partial charge in [0, 0.05) is 36.1 Å². The molecule has 1 aromatic rings. The van der Waals surface area contributed by atoms with Gasteiger partial charge in [-0.15, -0.1) is 0 Å². The van der Waals surface area contributed by atoms with Crippen LogP contribution in [-0.4, -0.2) is 34.4 Å². The highest BCUT2D eigenvalue weighted by atomic mass is 32.2. The monoisotopic (exact) mass is 306 g/mol. The zero-order valence-corrected chi connectivity index (χ0v) is 13.9. The minimum absolute atomic E-state index is 0.0482. The predicted molar refractivity (Wildman–Crippen MR) is 90.3 cm³/mol.